The van der Waals surface area contributed by atoms with Crippen molar-refractivity contribution in [3.63, 3.8) is 0 Å². The number of benzene rings is 2. The smallest absolute Gasteiger partial charge is 0.317 e. The average Bonchev–Trinajstić information content (AvgIpc) is 2.69. The molecule has 0 aromatic heterocycles. The van der Waals surface area contributed by atoms with Gasteiger partial charge in [-0.25, -0.2) is 13.2 Å². The molecule has 1 aliphatic rings. The van der Waals surface area contributed by atoms with Gasteiger partial charge in [0.05, 0.1) is 10.1 Å². The first kappa shape index (κ1) is 18.5. The molecule has 26 heavy (non-hydrogen) atoms. The number of sulfone groups is 1. The van der Waals surface area contributed by atoms with Crippen molar-refractivity contribution in [1.82, 2.24) is 10.2 Å². The Bertz CT molecular complexity index is 815. The number of hydrogen-bond donors (Lipinski definition) is 1. The topological polar surface area (TPSA) is 66.5 Å². The number of carbonyl (C=O) groups excluding carboxylic acids is 1. The van der Waals surface area contributed by atoms with Crippen molar-refractivity contribution < 1.29 is 13.2 Å². The monoisotopic (exact) mass is 372 g/mol. The lowest BCUT2D eigenvalue weighted by molar-refractivity contribution is 0.187. The van der Waals surface area contributed by atoms with Crippen LogP contribution in [0.4, 0.5) is 4.79 Å². The van der Waals surface area contributed by atoms with E-state index in [0.717, 1.165) is 6.42 Å². The summed E-state index contributed by atoms with van der Waals surface area (Å²) in [5.74, 6) is 0. The van der Waals surface area contributed by atoms with Gasteiger partial charge in [0.25, 0.3) is 0 Å². The van der Waals surface area contributed by atoms with E-state index in [2.05, 4.69) is 5.32 Å². The molecule has 0 aliphatic carbocycles. The second kappa shape index (κ2) is 8.36. The van der Waals surface area contributed by atoms with E-state index in [4.69, 9.17) is 0 Å². The van der Waals surface area contributed by atoms with Crippen molar-refractivity contribution in [2.75, 3.05) is 19.6 Å². The predicted octanol–water partition coefficient (Wildman–Crippen LogP) is 2.88. The van der Waals surface area contributed by atoms with Gasteiger partial charge in [-0.1, -0.05) is 48.5 Å². The minimum atomic E-state index is -3.32. The van der Waals surface area contributed by atoms with Crippen molar-refractivity contribution in [3.05, 3.63) is 66.2 Å². The van der Waals surface area contributed by atoms with Crippen LogP contribution >= 0.6 is 0 Å². The van der Waals surface area contributed by atoms with Gasteiger partial charge in [-0.15, -0.1) is 0 Å². The highest BCUT2D eigenvalue weighted by Gasteiger charge is 2.32. The van der Waals surface area contributed by atoms with E-state index >= 15 is 0 Å². The molecule has 0 spiro atoms. The number of nitrogens with one attached hydrogen (secondary N) is 1. The summed E-state index contributed by atoms with van der Waals surface area (Å²) in [7, 11) is -3.32. The zero-order valence-electron chi connectivity index (χ0n) is 14.7. The van der Waals surface area contributed by atoms with Crippen LogP contribution in [0.3, 0.4) is 0 Å². The van der Waals surface area contributed by atoms with E-state index in [1.807, 2.05) is 30.3 Å². The van der Waals surface area contributed by atoms with Gasteiger partial charge in [0.1, 0.15) is 0 Å². The number of amides is 2. The molecule has 2 amide bonds. The normalized spacial score (nSPS) is 15.6. The zero-order chi connectivity index (χ0) is 18.4. The second-order valence-corrected chi connectivity index (χ2v) is 8.74. The van der Waals surface area contributed by atoms with Gasteiger partial charge in [-0.05, 0) is 37.0 Å². The molecule has 1 N–H and O–H groups in total. The number of nitrogens with zero attached hydrogens (tertiary/aromatic N) is 1. The molecule has 0 atom stereocenters. The molecule has 2 aromatic carbocycles. The third-order valence-corrected chi connectivity index (χ3v) is 7.05. The predicted molar refractivity (Wildman–Crippen MR) is 102 cm³/mol. The maximum atomic E-state index is 12.7. The molecule has 0 unspecified atom stereocenters. The Kier molecular flexibility index (Phi) is 5.93. The fourth-order valence-electron chi connectivity index (χ4n) is 3.24. The Labute approximate surface area is 154 Å². The number of piperidine rings is 1. The zero-order valence-corrected chi connectivity index (χ0v) is 15.5. The van der Waals surface area contributed by atoms with Crippen LogP contribution in [0.2, 0.25) is 0 Å². The van der Waals surface area contributed by atoms with Crippen LogP contribution in [0.25, 0.3) is 0 Å². The van der Waals surface area contributed by atoms with E-state index in [-0.39, 0.29) is 6.03 Å². The minimum absolute atomic E-state index is 0.114. The summed E-state index contributed by atoms with van der Waals surface area (Å²) in [6.07, 6.45) is 1.73. The van der Waals surface area contributed by atoms with Gasteiger partial charge >= 0.3 is 6.03 Å². The average molecular weight is 372 g/mol. The van der Waals surface area contributed by atoms with Gasteiger partial charge in [0.15, 0.2) is 9.84 Å². The first-order valence-electron chi connectivity index (χ1n) is 8.93. The van der Waals surface area contributed by atoms with Crippen molar-refractivity contribution in [2.24, 2.45) is 0 Å². The summed E-state index contributed by atoms with van der Waals surface area (Å²) in [4.78, 5) is 14.4. The van der Waals surface area contributed by atoms with Crippen LogP contribution in [-0.2, 0) is 16.3 Å². The number of hydrogen-bond acceptors (Lipinski definition) is 3. The highest BCUT2D eigenvalue weighted by Crippen LogP contribution is 2.24. The Morgan fingerprint density at radius 2 is 1.54 bits per heavy atom. The maximum absolute atomic E-state index is 12.7. The minimum Gasteiger partial charge on any atom is -0.338 e. The van der Waals surface area contributed by atoms with Crippen LogP contribution in [0.15, 0.2) is 65.6 Å². The van der Waals surface area contributed by atoms with Gasteiger partial charge in [-0.2, -0.15) is 0 Å². The fourth-order valence-corrected chi connectivity index (χ4v) is 4.99. The molecule has 2 aromatic rings. The quantitative estimate of drug-likeness (QED) is 0.878. The van der Waals surface area contributed by atoms with E-state index in [1.54, 1.807) is 35.2 Å². The van der Waals surface area contributed by atoms with E-state index < -0.39 is 15.1 Å². The summed E-state index contributed by atoms with van der Waals surface area (Å²) in [5.41, 5.74) is 1.18. The van der Waals surface area contributed by atoms with Crippen molar-refractivity contribution in [1.29, 1.82) is 0 Å². The standard InChI is InChI=1S/C20H24N2O3S/c23-20(21-14-11-17-7-3-1-4-8-17)22-15-12-19(13-16-22)26(24,25)18-9-5-2-6-10-18/h1-10,19H,11-16H2,(H,21,23). The van der Waals surface area contributed by atoms with Crippen molar-refractivity contribution >= 4 is 15.9 Å². The maximum Gasteiger partial charge on any atom is 0.317 e. The number of carbonyl (C=O) groups is 1. The molecular formula is C20H24N2O3S. The van der Waals surface area contributed by atoms with Gasteiger partial charge < -0.3 is 10.2 Å². The van der Waals surface area contributed by atoms with Crippen LogP contribution in [0.5, 0.6) is 0 Å². The molecule has 1 saturated heterocycles. The van der Waals surface area contributed by atoms with Crippen molar-refractivity contribution in [2.45, 2.75) is 29.4 Å². The molecule has 138 valence electrons. The Morgan fingerprint density at radius 3 is 2.15 bits per heavy atom. The van der Waals surface area contributed by atoms with Crippen LogP contribution in [0.1, 0.15) is 18.4 Å². The second-order valence-electron chi connectivity index (χ2n) is 6.51. The molecule has 3 rings (SSSR count). The summed E-state index contributed by atoms with van der Waals surface area (Å²) in [6.45, 7) is 1.51. The molecule has 5 nitrogen and oxygen atoms in total. The lowest BCUT2D eigenvalue weighted by atomic mass is 10.1. The Morgan fingerprint density at radius 1 is 0.962 bits per heavy atom. The molecule has 6 heteroatoms. The summed E-state index contributed by atoms with van der Waals surface area (Å²) in [5, 5.41) is 2.51. The van der Waals surface area contributed by atoms with Gasteiger partial charge in [-0.3, -0.25) is 0 Å². The molecule has 0 radical (unpaired) electrons. The first-order chi connectivity index (χ1) is 12.6. The van der Waals surface area contributed by atoms with Crippen molar-refractivity contribution in [3.8, 4) is 0 Å². The lowest BCUT2D eigenvalue weighted by Crippen LogP contribution is -2.47. The molecule has 1 aliphatic heterocycles. The third kappa shape index (κ3) is 4.43. The summed E-state index contributed by atoms with van der Waals surface area (Å²) in [6, 6.07) is 18.4. The van der Waals surface area contributed by atoms with Crippen LogP contribution < -0.4 is 5.32 Å². The number of rotatable bonds is 5. The lowest BCUT2D eigenvalue weighted by Gasteiger charge is -2.31. The largest absolute Gasteiger partial charge is 0.338 e. The summed E-state index contributed by atoms with van der Waals surface area (Å²) >= 11 is 0. The Hall–Kier alpha value is -2.34. The SMILES string of the molecule is O=C(NCCc1ccccc1)N1CCC(S(=O)(=O)c2ccccc2)CC1. The van der Waals surface area contributed by atoms with Crippen LogP contribution in [0, 0.1) is 0 Å². The van der Waals surface area contributed by atoms with E-state index in [0.29, 0.717) is 37.4 Å². The number of likely N-dealkylation sites (tertiary alicyclic amines) is 1. The molecule has 1 heterocycles. The molecule has 1 fully saturated rings. The van der Waals surface area contributed by atoms with Gasteiger partial charge in [0.2, 0.25) is 0 Å². The third-order valence-electron chi connectivity index (χ3n) is 4.77. The molecular weight excluding hydrogens is 348 g/mol. The molecule has 0 saturated carbocycles. The Balaban J connectivity index is 1.48. The molecule has 0 bridgehead atoms. The van der Waals surface area contributed by atoms with Crippen LogP contribution in [-0.4, -0.2) is 44.2 Å². The number of urea groups is 1. The highest BCUT2D eigenvalue weighted by molar-refractivity contribution is 7.92. The summed E-state index contributed by atoms with van der Waals surface area (Å²) < 4.78 is 25.3. The van der Waals surface area contributed by atoms with E-state index in [1.165, 1.54) is 5.56 Å². The highest BCUT2D eigenvalue weighted by atomic mass is 32.2. The van der Waals surface area contributed by atoms with E-state index in [9.17, 15) is 13.2 Å². The first-order valence-corrected chi connectivity index (χ1v) is 10.5. The van der Waals surface area contributed by atoms with Gasteiger partial charge in [0, 0.05) is 19.6 Å². The fraction of sp³-hybridized carbons (Fsp3) is 0.350.